The molecule has 0 bridgehead atoms. The zero-order chi connectivity index (χ0) is 11.8. The molecule has 0 saturated heterocycles. The van der Waals surface area contributed by atoms with E-state index in [4.69, 9.17) is 14.2 Å². The number of aryl methyl sites for hydroxylation is 1. The van der Waals surface area contributed by atoms with Crippen molar-refractivity contribution in [2.75, 3.05) is 14.2 Å². The minimum Gasteiger partial charge on any atom is -0.462 e. The smallest absolute Gasteiger partial charge is 0.210 e. The Morgan fingerprint density at radius 3 is 2.75 bits per heavy atom. The van der Waals surface area contributed by atoms with Gasteiger partial charge in [-0.25, -0.2) is 0 Å². The number of rotatable bonds is 2. The Labute approximate surface area is 96.3 Å². The Morgan fingerprint density at radius 1 is 1.38 bits per heavy atom. The van der Waals surface area contributed by atoms with Crippen LogP contribution in [-0.2, 0) is 9.47 Å². The van der Waals surface area contributed by atoms with E-state index in [0.717, 1.165) is 11.3 Å². The summed E-state index contributed by atoms with van der Waals surface area (Å²) in [5, 5.41) is 0. The molecular formula is C13H18O3. The number of fused-ring (bicyclic) bond motifs is 1. The van der Waals surface area contributed by atoms with Crippen molar-refractivity contribution in [2.45, 2.75) is 32.2 Å². The summed E-state index contributed by atoms with van der Waals surface area (Å²) in [6, 6.07) is 6.12. The van der Waals surface area contributed by atoms with Gasteiger partial charge in [0.2, 0.25) is 5.79 Å². The lowest BCUT2D eigenvalue weighted by atomic mass is 9.96. The summed E-state index contributed by atoms with van der Waals surface area (Å²) in [5.74, 6) is 0.260. The van der Waals surface area contributed by atoms with E-state index in [1.165, 1.54) is 5.56 Å². The molecular weight excluding hydrogens is 204 g/mol. The van der Waals surface area contributed by atoms with E-state index in [2.05, 4.69) is 13.0 Å². The van der Waals surface area contributed by atoms with Crippen LogP contribution in [0.25, 0.3) is 0 Å². The SMILES string of the molecule is COC1CC(C)(OC)Oc2ccc(C)cc21. The third-order valence-electron chi connectivity index (χ3n) is 3.11. The van der Waals surface area contributed by atoms with Gasteiger partial charge < -0.3 is 14.2 Å². The molecule has 3 heteroatoms. The van der Waals surface area contributed by atoms with Gasteiger partial charge in [0.05, 0.1) is 6.10 Å². The largest absolute Gasteiger partial charge is 0.462 e. The fraction of sp³-hybridized carbons (Fsp3) is 0.538. The normalized spacial score (nSPS) is 28.4. The van der Waals surface area contributed by atoms with Gasteiger partial charge >= 0.3 is 0 Å². The van der Waals surface area contributed by atoms with Gasteiger partial charge in [0.15, 0.2) is 0 Å². The zero-order valence-corrected chi connectivity index (χ0v) is 10.2. The summed E-state index contributed by atoms with van der Waals surface area (Å²) in [5.41, 5.74) is 2.32. The van der Waals surface area contributed by atoms with Crippen molar-refractivity contribution in [1.82, 2.24) is 0 Å². The van der Waals surface area contributed by atoms with Gasteiger partial charge in [0.25, 0.3) is 0 Å². The molecule has 3 nitrogen and oxygen atoms in total. The van der Waals surface area contributed by atoms with Gasteiger partial charge in [-0.3, -0.25) is 0 Å². The zero-order valence-electron chi connectivity index (χ0n) is 10.2. The highest BCUT2D eigenvalue weighted by Gasteiger charge is 2.37. The predicted octanol–water partition coefficient (Wildman–Crippen LogP) is 2.83. The third kappa shape index (κ3) is 1.93. The molecule has 0 aromatic heterocycles. The van der Waals surface area contributed by atoms with Crippen molar-refractivity contribution in [2.24, 2.45) is 0 Å². The maximum atomic E-state index is 5.85. The molecule has 2 rings (SSSR count). The first-order valence-electron chi connectivity index (χ1n) is 5.45. The molecule has 1 aromatic rings. The summed E-state index contributed by atoms with van der Waals surface area (Å²) in [7, 11) is 3.38. The number of methoxy groups -OCH3 is 2. The fourth-order valence-corrected chi connectivity index (χ4v) is 2.07. The molecule has 0 spiro atoms. The van der Waals surface area contributed by atoms with Crippen molar-refractivity contribution in [3.05, 3.63) is 29.3 Å². The molecule has 2 atom stereocenters. The van der Waals surface area contributed by atoms with E-state index < -0.39 is 5.79 Å². The van der Waals surface area contributed by atoms with E-state index >= 15 is 0 Å². The molecule has 0 saturated carbocycles. The summed E-state index contributed by atoms with van der Waals surface area (Å²) in [6.45, 7) is 4.00. The molecule has 2 unspecified atom stereocenters. The van der Waals surface area contributed by atoms with Crippen molar-refractivity contribution < 1.29 is 14.2 Å². The average molecular weight is 222 g/mol. The van der Waals surface area contributed by atoms with Crippen LogP contribution in [0.4, 0.5) is 0 Å². The molecule has 88 valence electrons. The summed E-state index contributed by atoms with van der Waals surface area (Å²) < 4.78 is 16.8. The molecule has 0 N–H and O–H groups in total. The lowest BCUT2D eigenvalue weighted by molar-refractivity contribution is -0.184. The van der Waals surface area contributed by atoms with Crippen LogP contribution >= 0.6 is 0 Å². The summed E-state index contributed by atoms with van der Waals surface area (Å²) in [4.78, 5) is 0. The highest BCUT2D eigenvalue weighted by atomic mass is 16.7. The Morgan fingerprint density at radius 2 is 2.12 bits per heavy atom. The van der Waals surface area contributed by atoms with Crippen LogP contribution in [0, 0.1) is 6.92 Å². The number of hydrogen-bond donors (Lipinski definition) is 0. The second-order valence-electron chi connectivity index (χ2n) is 4.41. The van der Waals surface area contributed by atoms with Gasteiger partial charge in [-0.15, -0.1) is 0 Å². The second kappa shape index (κ2) is 4.07. The highest BCUT2D eigenvalue weighted by molar-refractivity contribution is 5.40. The Kier molecular flexibility index (Phi) is 2.91. The van der Waals surface area contributed by atoms with Crippen molar-refractivity contribution in [3.63, 3.8) is 0 Å². The van der Waals surface area contributed by atoms with E-state index in [1.54, 1.807) is 14.2 Å². The van der Waals surface area contributed by atoms with E-state index in [1.807, 2.05) is 19.1 Å². The molecule has 0 aliphatic carbocycles. The Hall–Kier alpha value is -1.06. The quantitative estimate of drug-likeness (QED) is 0.770. The molecule has 16 heavy (non-hydrogen) atoms. The minimum absolute atomic E-state index is 0.0357. The molecule has 0 radical (unpaired) electrons. The fourth-order valence-electron chi connectivity index (χ4n) is 2.07. The van der Waals surface area contributed by atoms with Gasteiger partial charge in [0, 0.05) is 33.1 Å². The first kappa shape index (κ1) is 11.4. The van der Waals surface area contributed by atoms with Crippen LogP contribution in [0.1, 0.15) is 30.6 Å². The molecule has 1 aromatic carbocycles. The Balaban J connectivity index is 2.42. The lowest BCUT2D eigenvalue weighted by Crippen LogP contribution is -2.40. The lowest BCUT2D eigenvalue weighted by Gasteiger charge is -2.38. The summed E-state index contributed by atoms with van der Waals surface area (Å²) in [6.07, 6.45) is 0.741. The van der Waals surface area contributed by atoms with Crippen LogP contribution < -0.4 is 4.74 Å². The van der Waals surface area contributed by atoms with E-state index in [0.29, 0.717) is 6.42 Å². The topological polar surface area (TPSA) is 27.7 Å². The standard InChI is InChI=1S/C13H18O3/c1-9-5-6-11-10(7-9)12(14-3)8-13(2,15-4)16-11/h5-7,12H,8H2,1-4H3. The van der Waals surface area contributed by atoms with Gasteiger partial charge in [0.1, 0.15) is 5.75 Å². The molecule has 0 amide bonds. The van der Waals surface area contributed by atoms with Crippen molar-refractivity contribution in [3.8, 4) is 5.75 Å². The molecule has 1 aliphatic rings. The molecule has 0 fully saturated rings. The van der Waals surface area contributed by atoms with Crippen LogP contribution in [0.3, 0.4) is 0 Å². The van der Waals surface area contributed by atoms with E-state index in [-0.39, 0.29) is 6.10 Å². The minimum atomic E-state index is -0.594. The number of benzene rings is 1. The monoisotopic (exact) mass is 222 g/mol. The third-order valence-corrected chi connectivity index (χ3v) is 3.11. The average Bonchev–Trinajstić information content (AvgIpc) is 2.29. The van der Waals surface area contributed by atoms with Crippen molar-refractivity contribution >= 4 is 0 Å². The van der Waals surface area contributed by atoms with Gasteiger partial charge in [-0.05, 0) is 19.1 Å². The van der Waals surface area contributed by atoms with Crippen LogP contribution in [-0.4, -0.2) is 20.0 Å². The number of hydrogen-bond acceptors (Lipinski definition) is 3. The summed E-state index contributed by atoms with van der Waals surface area (Å²) >= 11 is 0. The van der Waals surface area contributed by atoms with Crippen LogP contribution in [0.15, 0.2) is 18.2 Å². The van der Waals surface area contributed by atoms with Crippen molar-refractivity contribution in [1.29, 1.82) is 0 Å². The van der Waals surface area contributed by atoms with Gasteiger partial charge in [-0.2, -0.15) is 0 Å². The maximum Gasteiger partial charge on any atom is 0.210 e. The highest BCUT2D eigenvalue weighted by Crippen LogP contribution is 2.41. The van der Waals surface area contributed by atoms with Gasteiger partial charge in [-0.1, -0.05) is 11.6 Å². The van der Waals surface area contributed by atoms with Crippen LogP contribution in [0.5, 0.6) is 5.75 Å². The number of ether oxygens (including phenoxy) is 3. The Bertz CT molecular complexity index is 389. The first-order chi connectivity index (χ1) is 7.58. The maximum absolute atomic E-state index is 5.85. The second-order valence-corrected chi connectivity index (χ2v) is 4.41. The van der Waals surface area contributed by atoms with Crippen LogP contribution in [0.2, 0.25) is 0 Å². The predicted molar refractivity (Wildman–Crippen MR) is 61.6 cm³/mol. The molecule has 1 aliphatic heterocycles. The molecule has 1 heterocycles. The van der Waals surface area contributed by atoms with E-state index in [9.17, 15) is 0 Å². The first-order valence-corrected chi connectivity index (χ1v) is 5.45.